The summed E-state index contributed by atoms with van der Waals surface area (Å²) in [6.07, 6.45) is 4.88. The third kappa shape index (κ3) is 2.06. The minimum atomic E-state index is -0.0939. The minimum Gasteiger partial charge on any atom is -0.497 e. The van der Waals surface area contributed by atoms with Crippen LogP contribution in [0.1, 0.15) is 25.3 Å². The number of fused-ring (bicyclic) bond motifs is 1. The van der Waals surface area contributed by atoms with Gasteiger partial charge in [0, 0.05) is 6.42 Å². The summed E-state index contributed by atoms with van der Waals surface area (Å²) >= 11 is 0. The smallest absolute Gasteiger partial charge is 0.123 e. The summed E-state index contributed by atoms with van der Waals surface area (Å²) in [5, 5.41) is 0. The summed E-state index contributed by atoms with van der Waals surface area (Å²) < 4.78 is 11.2. The highest BCUT2D eigenvalue weighted by molar-refractivity contribution is 5.42. The quantitative estimate of drug-likeness (QED) is 0.724. The number of methoxy groups -OCH3 is 1. The molecule has 1 aromatic carbocycles. The zero-order valence-electron chi connectivity index (χ0n) is 9.95. The number of ether oxygens (including phenoxy) is 2. The molecule has 0 aromatic heterocycles. The monoisotopic (exact) mass is 218 g/mol. The van der Waals surface area contributed by atoms with Gasteiger partial charge in [-0.15, -0.1) is 6.58 Å². The lowest BCUT2D eigenvalue weighted by atomic mass is 9.90. The minimum absolute atomic E-state index is 0.0939. The first-order valence-electron chi connectivity index (χ1n) is 5.64. The molecule has 1 unspecified atom stereocenters. The van der Waals surface area contributed by atoms with E-state index in [4.69, 9.17) is 9.47 Å². The van der Waals surface area contributed by atoms with Crippen LogP contribution in [-0.4, -0.2) is 12.7 Å². The highest BCUT2D eigenvalue weighted by atomic mass is 16.5. The van der Waals surface area contributed by atoms with Crippen LogP contribution in [0.3, 0.4) is 0 Å². The molecule has 0 amide bonds. The van der Waals surface area contributed by atoms with E-state index in [2.05, 4.69) is 19.6 Å². The Morgan fingerprint density at radius 3 is 3.06 bits per heavy atom. The Hall–Kier alpha value is -1.44. The number of benzene rings is 1. The molecule has 0 bridgehead atoms. The van der Waals surface area contributed by atoms with Gasteiger partial charge in [-0.05, 0) is 43.5 Å². The third-order valence-corrected chi connectivity index (χ3v) is 3.12. The van der Waals surface area contributed by atoms with Gasteiger partial charge in [0.1, 0.15) is 17.1 Å². The van der Waals surface area contributed by atoms with Crippen molar-refractivity contribution in [3.63, 3.8) is 0 Å². The maximum Gasteiger partial charge on any atom is 0.123 e. The van der Waals surface area contributed by atoms with Crippen molar-refractivity contribution in [2.24, 2.45) is 0 Å². The second-order valence-corrected chi connectivity index (χ2v) is 4.52. The Morgan fingerprint density at radius 2 is 2.38 bits per heavy atom. The summed E-state index contributed by atoms with van der Waals surface area (Å²) in [4.78, 5) is 0. The molecule has 0 radical (unpaired) electrons. The van der Waals surface area contributed by atoms with Crippen LogP contribution < -0.4 is 9.47 Å². The highest BCUT2D eigenvalue weighted by Gasteiger charge is 2.30. The van der Waals surface area contributed by atoms with Gasteiger partial charge in [-0.2, -0.15) is 0 Å². The van der Waals surface area contributed by atoms with Crippen LogP contribution >= 0.6 is 0 Å². The molecule has 2 heteroatoms. The van der Waals surface area contributed by atoms with Gasteiger partial charge in [-0.1, -0.05) is 6.08 Å². The van der Waals surface area contributed by atoms with Crippen molar-refractivity contribution in [2.75, 3.05) is 7.11 Å². The van der Waals surface area contributed by atoms with Crippen LogP contribution in [-0.2, 0) is 6.42 Å². The summed E-state index contributed by atoms with van der Waals surface area (Å²) in [7, 11) is 1.69. The van der Waals surface area contributed by atoms with Gasteiger partial charge >= 0.3 is 0 Å². The van der Waals surface area contributed by atoms with E-state index in [1.807, 2.05) is 18.2 Å². The van der Waals surface area contributed by atoms with E-state index in [1.54, 1.807) is 7.11 Å². The lowest BCUT2D eigenvalue weighted by molar-refractivity contribution is 0.0680. The molecule has 0 aliphatic carbocycles. The second-order valence-electron chi connectivity index (χ2n) is 4.52. The molecule has 1 atom stereocenters. The molecule has 2 rings (SSSR count). The van der Waals surface area contributed by atoms with Gasteiger partial charge in [0.15, 0.2) is 0 Å². The van der Waals surface area contributed by atoms with E-state index in [0.717, 1.165) is 30.8 Å². The maximum absolute atomic E-state index is 6.03. The van der Waals surface area contributed by atoms with Gasteiger partial charge in [0.2, 0.25) is 0 Å². The fraction of sp³-hybridized carbons (Fsp3) is 0.429. The van der Waals surface area contributed by atoms with Crippen LogP contribution in [0.5, 0.6) is 11.5 Å². The van der Waals surface area contributed by atoms with Crippen molar-refractivity contribution in [1.82, 2.24) is 0 Å². The molecule has 1 aliphatic rings. The average molecular weight is 218 g/mol. The van der Waals surface area contributed by atoms with Crippen molar-refractivity contribution >= 4 is 0 Å². The van der Waals surface area contributed by atoms with Crippen LogP contribution in [0, 0.1) is 0 Å². The van der Waals surface area contributed by atoms with Gasteiger partial charge in [0.05, 0.1) is 7.11 Å². The molecule has 16 heavy (non-hydrogen) atoms. The Kier molecular flexibility index (Phi) is 2.90. The number of rotatable bonds is 3. The normalized spacial score (nSPS) is 23.1. The number of aryl methyl sites for hydroxylation is 1. The Morgan fingerprint density at radius 1 is 1.56 bits per heavy atom. The Balaban J connectivity index is 2.24. The molecule has 2 nitrogen and oxygen atoms in total. The first kappa shape index (κ1) is 11.1. The van der Waals surface area contributed by atoms with E-state index >= 15 is 0 Å². The van der Waals surface area contributed by atoms with Gasteiger partial charge in [-0.25, -0.2) is 0 Å². The van der Waals surface area contributed by atoms with E-state index in [0.29, 0.717) is 0 Å². The Bertz CT molecular complexity index is 398. The molecule has 0 N–H and O–H groups in total. The van der Waals surface area contributed by atoms with Crippen molar-refractivity contribution in [3.05, 3.63) is 36.4 Å². The van der Waals surface area contributed by atoms with Crippen LogP contribution in [0.25, 0.3) is 0 Å². The zero-order chi connectivity index (χ0) is 11.6. The number of hydrogen-bond acceptors (Lipinski definition) is 2. The van der Waals surface area contributed by atoms with Crippen molar-refractivity contribution in [3.8, 4) is 11.5 Å². The molecule has 0 saturated heterocycles. The zero-order valence-corrected chi connectivity index (χ0v) is 9.95. The fourth-order valence-corrected chi connectivity index (χ4v) is 2.14. The van der Waals surface area contributed by atoms with Crippen LogP contribution in [0.2, 0.25) is 0 Å². The van der Waals surface area contributed by atoms with E-state index in [9.17, 15) is 0 Å². The largest absolute Gasteiger partial charge is 0.497 e. The third-order valence-electron chi connectivity index (χ3n) is 3.12. The van der Waals surface area contributed by atoms with Gasteiger partial charge in [-0.3, -0.25) is 0 Å². The Labute approximate surface area is 96.9 Å². The molecular formula is C14H18O2. The van der Waals surface area contributed by atoms with Crippen molar-refractivity contribution in [2.45, 2.75) is 31.8 Å². The molecule has 0 spiro atoms. The van der Waals surface area contributed by atoms with E-state index < -0.39 is 0 Å². The van der Waals surface area contributed by atoms with Crippen LogP contribution in [0.15, 0.2) is 30.9 Å². The lowest BCUT2D eigenvalue weighted by Gasteiger charge is -2.35. The summed E-state index contributed by atoms with van der Waals surface area (Å²) in [5.41, 5.74) is 1.14. The fourth-order valence-electron chi connectivity index (χ4n) is 2.14. The summed E-state index contributed by atoms with van der Waals surface area (Å²) in [6.45, 7) is 5.92. The molecular weight excluding hydrogens is 200 g/mol. The van der Waals surface area contributed by atoms with E-state index in [1.165, 1.54) is 5.56 Å². The maximum atomic E-state index is 6.03. The van der Waals surface area contributed by atoms with Crippen molar-refractivity contribution < 1.29 is 9.47 Å². The first-order chi connectivity index (χ1) is 7.67. The van der Waals surface area contributed by atoms with E-state index in [-0.39, 0.29) is 5.60 Å². The predicted octanol–water partition coefficient (Wildman–Crippen LogP) is 3.36. The predicted molar refractivity (Wildman–Crippen MR) is 65.2 cm³/mol. The molecule has 1 aromatic rings. The summed E-state index contributed by atoms with van der Waals surface area (Å²) in [5.74, 6) is 1.88. The number of hydrogen-bond donors (Lipinski definition) is 0. The molecule has 86 valence electrons. The standard InChI is InChI=1S/C14H18O2/c1-4-8-14(2)9-7-11-10-12(15-3)5-6-13(11)16-14/h4-6,10H,1,7-9H2,2-3H3. The lowest BCUT2D eigenvalue weighted by Crippen LogP contribution is -2.35. The molecule has 0 fully saturated rings. The molecule has 0 saturated carbocycles. The summed E-state index contributed by atoms with van der Waals surface area (Å²) in [6, 6.07) is 6.00. The van der Waals surface area contributed by atoms with Crippen molar-refractivity contribution in [1.29, 1.82) is 0 Å². The SMILES string of the molecule is C=CCC1(C)CCc2cc(OC)ccc2O1. The van der Waals surface area contributed by atoms with Crippen LogP contribution in [0.4, 0.5) is 0 Å². The first-order valence-corrected chi connectivity index (χ1v) is 5.64. The molecule has 1 aliphatic heterocycles. The van der Waals surface area contributed by atoms with Gasteiger partial charge < -0.3 is 9.47 Å². The van der Waals surface area contributed by atoms with Gasteiger partial charge in [0.25, 0.3) is 0 Å². The highest BCUT2D eigenvalue weighted by Crippen LogP contribution is 2.36. The topological polar surface area (TPSA) is 18.5 Å². The second kappa shape index (κ2) is 4.20. The average Bonchev–Trinajstić information content (AvgIpc) is 2.28. The molecule has 1 heterocycles.